The Morgan fingerprint density at radius 1 is 1.15 bits per heavy atom. The van der Waals surface area contributed by atoms with Crippen molar-refractivity contribution in [3.8, 4) is 0 Å². The molecule has 26 heavy (non-hydrogen) atoms. The maximum Gasteiger partial charge on any atom is 0.243 e. The van der Waals surface area contributed by atoms with E-state index in [0.29, 0.717) is 12.2 Å². The van der Waals surface area contributed by atoms with Gasteiger partial charge >= 0.3 is 0 Å². The maximum atomic E-state index is 13.5. The topological polar surface area (TPSA) is 49.9 Å². The Labute approximate surface area is 154 Å². The van der Waals surface area contributed by atoms with Gasteiger partial charge in [0.25, 0.3) is 0 Å². The minimum absolute atomic E-state index is 0.111. The Morgan fingerprint density at radius 3 is 2.46 bits per heavy atom. The van der Waals surface area contributed by atoms with Gasteiger partial charge in [-0.05, 0) is 48.4 Å². The Kier molecular flexibility index (Phi) is 5.32. The number of hydrogen-bond acceptors (Lipinski definition) is 4. The fourth-order valence-electron chi connectivity index (χ4n) is 2.96. The molecule has 0 amide bonds. The molecule has 0 aliphatic carbocycles. The lowest BCUT2D eigenvalue weighted by molar-refractivity contribution is -0.00255. The Balaban J connectivity index is 1.82. The summed E-state index contributed by atoms with van der Waals surface area (Å²) in [5.74, 6) is -0.412. The molecule has 0 N–H and O–H groups in total. The summed E-state index contributed by atoms with van der Waals surface area (Å²) in [6.07, 6.45) is -0.323. The maximum absolute atomic E-state index is 13.5. The van der Waals surface area contributed by atoms with Crippen molar-refractivity contribution < 1.29 is 17.5 Å². The van der Waals surface area contributed by atoms with Gasteiger partial charge in [0.05, 0.1) is 17.6 Å². The zero-order chi connectivity index (χ0) is 18.9. The second-order valence-corrected chi connectivity index (χ2v) is 8.56. The van der Waals surface area contributed by atoms with Crippen LogP contribution in [0.5, 0.6) is 0 Å². The molecule has 3 rings (SSSR count). The first-order chi connectivity index (χ1) is 12.3. The number of ether oxygens (including phenoxy) is 1. The van der Waals surface area contributed by atoms with Gasteiger partial charge in [0.15, 0.2) is 0 Å². The van der Waals surface area contributed by atoms with Crippen LogP contribution in [-0.4, -0.2) is 46.5 Å². The highest BCUT2D eigenvalue weighted by Gasteiger charge is 2.31. The molecule has 0 radical (unpaired) electrons. The van der Waals surface area contributed by atoms with E-state index in [1.54, 1.807) is 6.92 Å². The van der Waals surface area contributed by atoms with E-state index in [-0.39, 0.29) is 24.1 Å². The van der Waals surface area contributed by atoms with Crippen molar-refractivity contribution >= 4 is 15.7 Å². The number of aryl methyl sites for hydroxylation is 1. The number of morpholine rings is 1. The van der Waals surface area contributed by atoms with Gasteiger partial charge < -0.3 is 9.64 Å². The van der Waals surface area contributed by atoms with E-state index >= 15 is 0 Å². The number of rotatable bonds is 4. The summed E-state index contributed by atoms with van der Waals surface area (Å²) < 4.78 is 46.5. The average molecular weight is 378 g/mol. The highest BCUT2D eigenvalue weighted by atomic mass is 32.2. The quantitative estimate of drug-likeness (QED) is 0.821. The van der Waals surface area contributed by atoms with Crippen LogP contribution in [-0.2, 0) is 14.8 Å². The molecule has 2 aromatic carbocycles. The highest BCUT2D eigenvalue weighted by molar-refractivity contribution is 7.89. The second kappa shape index (κ2) is 7.34. The summed E-state index contributed by atoms with van der Waals surface area (Å²) in [6.45, 7) is 2.40. The van der Waals surface area contributed by atoms with E-state index in [4.69, 9.17) is 4.74 Å². The zero-order valence-electron chi connectivity index (χ0n) is 15.1. The van der Waals surface area contributed by atoms with E-state index in [0.717, 1.165) is 11.3 Å². The molecule has 1 aliphatic heterocycles. The van der Waals surface area contributed by atoms with E-state index in [9.17, 15) is 12.8 Å². The van der Waals surface area contributed by atoms with Crippen LogP contribution in [0.3, 0.4) is 0 Å². The predicted octanol–water partition coefficient (Wildman–Crippen LogP) is 2.96. The summed E-state index contributed by atoms with van der Waals surface area (Å²) in [4.78, 5) is 2.11. The van der Waals surface area contributed by atoms with Gasteiger partial charge in [-0.15, -0.1) is 0 Å². The first-order valence-corrected chi connectivity index (χ1v) is 9.88. The minimum Gasteiger partial charge on any atom is -0.378 e. The molecule has 0 saturated carbocycles. The van der Waals surface area contributed by atoms with Crippen LogP contribution in [0.15, 0.2) is 47.4 Å². The van der Waals surface area contributed by atoms with Crippen LogP contribution >= 0.6 is 0 Å². The molecular formula is C19H23FN2O3S. The molecule has 0 bridgehead atoms. The average Bonchev–Trinajstić information content (AvgIpc) is 2.64. The summed E-state index contributed by atoms with van der Waals surface area (Å²) in [7, 11) is 0.241. The lowest BCUT2D eigenvalue weighted by Crippen LogP contribution is -2.42. The van der Waals surface area contributed by atoms with E-state index in [1.807, 2.05) is 43.3 Å². The van der Waals surface area contributed by atoms with E-state index in [2.05, 4.69) is 0 Å². The van der Waals surface area contributed by atoms with Crippen LogP contribution < -0.4 is 4.90 Å². The largest absolute Gasteiger partial charge is 0.378 e. The first-order valence-electron chi connectivity index (χ1n) is 8.44. The lowest BCUT2D eigenvalue weighted by atomic mass is 10.1. The third kappa shape index (κ3) is 3.75. The normalized spacial score (nSPS) is 18.7. The summed E-state index contributed by atoms with van der Waals surface area (Å²) >= 11 is 0. The SMILES string of the molecule is Cc1cc(S(=O)(=O)N2CCOC(c3ccc(N(C)C)cc3)C2)ccc1F. The van der Waals surface area contributed by atoms with Crippen molar-refractivity contribution in [2.45, 2.75) is 17.9 Å². The molecule has 1 unspecified atom stereocenters. The van der Waals surface area contributed by atoms with Crippen LogP contribution in [0.4, 0.5) is 10.1 Å². The van der Waals surface area contributed by atoms with Gasteiger partial charge in [0, 0.05) is 32.9 Å². The van der Waals surface area contributed by atoms with E-state index < -0.39 is 15.8 Å². The molecule has 0 spiro atoms. The summed E-state index contributed by atoms with van der Waals surface area (Å²) in [5.41, 5.74) is 2.32. The molecular weight excluding hydrogens is 355 g/mol. The van der Waals surface area contributed by atoms with Crippen molar-refractivity contribution in [2.24, 2.45) is 0 Å². The van der Waals surface area contributed by atoms with Gasteiger partial charge in [-0.25, -0.2) is 12.8 Å². The van der Waals surface area contributed by atoms with Crippen molar-refractivity contribution in [3.63, 3.8) is 0 Å². The highest BCUT2D eigenvalue weighted by Crippen LogP contribution is 2.28. The van der Waals surface area contributed by atoms with Crippen molar-refractivity contribution in [2.75, 3.05) is 38.7 Å². The number of halogens is 1. The number of nitrogens with zero attached hydrogens (tertiary/aromatic N) is 2. The van der Waals surface area contributed by atoms with Gasteiger partial charge in [-0.1, -0.05) is 12.1 Å². The standard InChI is InChI=1S/C19H23FN2O3S/c1-14-12-17(8-9-18(14)20)26(23,24)22-10-11-25-19(13-22)15-4-6-16(7-5-15)21(2)3/h4-9,12,19H,10-11,13H2,1-3H3. The molecule has 1 atom stereocenters. The third-order valence-corrected chi connectivity index (χ3v) is 6.44. The number of benzene rings is 2. The number of sulfonamides is 1. The lowest BCUT2D eigenvalue weighted by Gasteiger charge is -2.32. The van der Waals surface area contributed by atoms with E-state index in [1.165, 1.54) is 22.5 Å². The summed E-state index contributed by atoms with van der Waals surface area (Å²) in [5, 5.41) is 0. The van der Waals surface area contributed by atoms with Crippen LogP contribution in [0.25, 0.3) is 0 Å². The number of anilines is 1. The Morgan fingerprint density at radius 2 is 1.85 bits per heavy atom. The molecule has 1 saturated heterocycles. The van der Waals surface area contributed by atoms with Crippen LogP contribution in [0.1, 0.15) is 17.2 Å². The Bertz CT molecular complexity index is 882. The fraction of sp³-hybridized carbons (Fsp3) is 0.368. The molecule has 2 aromatic rings. The van der Waals surface area contributed by atoms with Gasteiger partial charge in [0.1, 0.15) is 5.82 Å². The van der Waals surface area contributed by atoms with Gasteiger partial charge in [-0.3, -0.25) is 0 Å². The predicted molar refractivity (Wildman–Crippen MR) is 99.4 cm³/mol. The van der Waals surface area contributed by atoms with Gasteiger partial charge in [-0.2, -0.15) is 4.31 Å². The molecule has 1 aliphatic rings. The van der Waals surface area contributed by atoms with Crippen molar-refractivity contribution in [3.05, 3.63) is 59.4 Å². The zero-order valence-corrected chi connectivity index (χ0v) is 16.0. The van der Waals surface area contributed by atoms with Crippen LogP contribution in [0.2, 0.25) is 0 Å². The summed E-state index contributed by atoms with van der Waals surface area (Å²) in [6, 6.07) is 11.8. The molecule has 0 aromatic heterocycles. The smallest absolute Gasteiger partial charge is 0.243 e. The van der Waals surface area contributed by atoms with Gasteiger partial charge in [0.2, 0.25) is 10.0 Å². The second-order valence-electron chi connectivity index (χ2n) is 6.62. The first kappa shape index (κ1) is 18.8. The number of hydrogen-bond donors (Lipinski definition) is 0. The van der Waals surface area contributed by atoms with Crippen LogP contribution in [0, 0.1) is 12.7 Å². The Hall–Kier alpha value is -1.96. The molecule has 5 nitrogen and oxygen atoms in total. The fourth-order valence-corrected chi connectivity index (χ4v) is 4.47. The van der Waals surface area contributed by atoms with Crippen molar-refractivity contribution in [1.29, 1.82) is 0 Å². The molecule has 7 heteroatoms. The monoisotopic (exact) mass is 378 g/mol. The molecule has 1 fully saturated rings. The molecule has 1 heterocycles. The third-order valence-electron chi connectivity index (χ3n) is 4.58. The molecule has 140 valence electrons. The van der Waals surface area contributed by atoms with Crippen molar-refractivity contribution in [1.82, 2.24) is 4.31 Å². The minimum atomic E-state index is -3.69.